The molecule has 0 spiro atoms. The van der Waals surface area contributed by atoms with E-state index in [0.29, 0.717) is 18.9 Å². The number of nitrogens with one attached hydrogen (secondary N) is 1. The van der Waals surface area contributed by atoms with Crippen LogP contribution in [0, 0.1) is 17.6 Å². The molecule has 0 heterocycles. The van der Waals surface area contributed by atoms with Gasteiger partial charge in [0.25, 0.3) is 0 Å². The maximum absolute atomic E-state index is 14.8. The summed E-state index contributed by atoms with van der Waals surface area (Å²) in [4.78, 5) is 0. The second-order valence-electron chi connectivity index (χ2n) is 11.1. The first-order chi connectivity index (χ1) is 14.2. The Labute approximate surface area is 191 Å². The van der Waals surface area contributed by atoms with Gasteiger partial charge in [0.1, 0.15) is 16.4 Å². The topological polar surface area (TPSA) is 44.3 Å². The van der Waals surface area contributed by atoms with Crippen molar-refractivity contribution in [2.45, 2.75) is 95.6 Å². The van der Waals surface area contributed by atoms with Gasteiger partial charge in [0, 0.05) is 23.0 Å². The third-order valence-electron chi connectivity index (χ3n) is 6.39. The van der Waals surface area contributed by atoms with E-state index in [4.69, 9.17) is 4.43 Å². The summed E-state index contributed by atoms with van der Waals surface area (Å²) >= 11 is -1.63. The molecule has 0 unspecified atom stereocenters. The van der Waals surface area contributed by atoms with Gasteiger partial charge < -0.3 is 8.98 Å². The lowest BCUT2D eigenvalue weighted by atomic mass is 9.75. The van der Waals surface area contributed by atoms with E-state index >= 15 is 0 Å². The molecule has 0 aliphatic heterocycles. The summed E-state index contributed by atoms with van der Waals surface area (Å²) in [7, 11) is -2.03. The molecule has 0 amide bonds. The van der Waals surface area contributed by atoms with Gasteiger partial charge >= 0.3 is 6.18 Å². The Morgan fingerprint density at radius 2 is 1.56 bits per heavy atom. The molecule has 0 bridgehead atoms. The van der Waals surface area contributed by atoms with Crippen LogP contribution in [0.3, 0.4) is 0 Å². The quantitative estimate of drug-likeness (QED) is 0.264. The van der Waals surface area contributed by atoms with Crippen LogP contribution in [-0.4, -0.2) is 23.7 Å². The van der Waals surface area contributed by atoms with Crippen molar-refractivity contribution in [2.75, 3.05) is 0 Å². The molecule has 184 valence electrons. The predicted molar refractivity (Wildman–Crippen MR) is 120 cm³/mol. The van der Waals surface area contributed by atoms with Crippen molar-refractivity contribution in [3.8, 4) is 0 Å². The van der Waals surface area contributed by atoms with E-state index < -0.39 is 53.8 Å². The Balaban J connectivity index is 2.31. The molecule has 1 aliphatic rings. The summed E-state index contributed by atoms with van der Waals surface area (Å²) in [5.41, 5.74) is -1.90. The van der Waals surface area contributed by atoms with E-state index in [1.165, 1.54) is 0 Å². The normalized spacial score (nSPS) is 22.4. The average molecular weight is 500 g/mol. The molecule has 1 saturated carbocycles. The Morgan fingerprint density at radius 3 is 2.00 bits per heavy atom. The molecule has 1 fully saturated rings. The minimum absolute atomic E-state index is 0.00608. The van der Waals surface area contributed by atoms with Crippen molar-refractivity contribution in [3.63, 3.8) is 0 Å². The fourth-order valence-corrected chi connectivity index (χ4v) is 5.57. The molecule has 0 saturated heterocycles. The van der Waals surface area contributed by atoms with Crippen molar-refractivity contribution in [1.29, 1.82) is 0 Å². The Hall–Kier alpha value is -0.683. The summed E-state index contributed by atoms with van der Waals surface area (Å²) < 4.78 is 89.3. The summed E-state index contributed by atoms with van der Waals surface area (Å²) in [6.07, 6.45) is -4.03. The molecular weight excluding hydrogens is 465 g/mol. The zero-order chi connectivity index (χ0) is 24.9. The minimum atomic E-state index is -5.00. The fraction of sp³-hybridized carbons (Fsp3) is 0.727. The Morgan fingerprint density at radius 1 is 1.03 bits per heavy atom. The summed E-state index contributed by atoms with van der Waals surface area (Å²) in [5.74, 6) is -2.96. The molecule has 10 heteroatoms. The van der Waals surface area contributed by atoms with Gasteiger partial charge in [-0.1, -0.05) is 20.8 Å². The standard InChI is InChI=1S/C22H34F5NO2SSi/c1-20(2,3)31(29)28-19(13-9-14(10-13)30-32(7,8)21(4,5)6)15-11-18(24)16(12-17(15)23)22(25,26)27/h11-14,19,28H,9-10H2,1-8H3/t13?,14?,19-,31+/m1/s1. The highest BCUT2D eigenvalue weighted by molar-refractivity contribution is 7.90. The summed E-state index contributed by atoms with van der Waals surface area (Å²) in [6.45, 7) is 15.8. The largest absolute Gasteiger partial charge is 0.598 e. The zero-order valence-electron chi connectivity index (χ0n) is 19.9. The van der Waals surface area contributed by atoms with Crippen molar-refractivity contribution in [1.82, 2.24) is 4.72 Å². The first kappa shape index (κ1) is 27.6. The number of benzene rings is 1. The maximum Gasteiger partial charge on any atom is 0.419 e. The van der Waals surface area contributed by atoms with Crippen LogP contribution in [0.25, 0.3) is 0 Å². The van der Waals surface area contributed by atoms with Gasteiger partial charge in [-0.05, 0) is 69.8 Å². The van der Waals surface area contributed by atoms with Crippen molar-refractivity contribution in [3.05, 3.63) is 34.9 Å². The van der Waals surface area contributed by atoms with Gasteiger partial charge in [-0.15, -0.1) is 4.72 Å². The van der Waals surface area contributed by atoms with Crippen molar-refractivity contribution >= 4 is 19.7 Å². The lowest BCUT2D eigenvalue weighted by Gasteiger charge is -2.47. The van der Waals surface area contributed by atoms with Crippen LogP contribution in [0.4, 0.5) is 22.0 Å². The molecule has 1 aliphatic carbocycles. The third kappa shape index (κ3) is 6.25. The molecule has 2 rings (SSSR count). The lowest BCUT2D eigenvalue weighted by Crippen LogP contribution is -2.51. The van der Waals surface area contributed by atoms with Crippen molar-refractivity contribution < 1.29 is 30.9 Å². The van der Waals surface area contributed by atoms with Gasteiger partial charge in [0.05, 0.1) is 11.6 Å². The highest BCUT2D eigenvalue weighted by Gasteiger charge is 2.46. The smallest absolute Gasteiger partial charge is 0.419 e. The van der Waals surface area contributed by atoms with E-state index in [1.807, 2.05) is 0 Å². The zero-order valence-corrected chi connectivity index (χ0v) is 21.7. The SMILES string of the molecule is CC(C)(C)[S@+]([O-])N[C@@H](c1cc(F)c(C(F)(F)F)cc1F)C1CC(O[Si](C)(C)C(C)(C)C)C1. The third-order valence-corrected chi connectivity index (χ3v) is 12.5. The van der Waals surface area contributed by atoms with Gasteiger partial charge in [-0.3, -0.25) is 0 Å². The van der Waals surface area contributed by atoms with Crippen LogP contribution in [0.5, 0.6) is 0 Å². The molecule has 1 N–H and O–H groups in total. The number of hydrogen-bond acceptors (Lipinski definition) is 3. The van der Waals surface area contributed by atoms with Crippen LogP contribution < -0.4 is 4.72 Å². The van der Waals surface area contributed by atoms with Gasteiger partial charge in [-0.25, -0.2) is 8.78 Å². The number of halogens is 5. The van der Waals surface area contributed by atoms with E-state index in [-0.39, 0.29) is 28.7 Å². The van der Waals surface area contributed by atoms with Gasteiger partial charge in [0.2, 0.25) is 0 Å². The highest BCUT2D eigenvalue weighted by atomic mass is 32.2. The number of hydrogen-bond donors (Lipinski definition) is 1. The monoisotopic (exact) mass is 499 g/mol. The van der Waals surface area contributed by atoms with E-state index in [2.05, 4.69) is 38.6 Å². The van der Waals surface area contributed by atoms with Crippen molar-refractivity contribution in [2.24, 2.45) is 5.92 Å². The lowest BCUT2D eigenvalue weighted by molar-refractivity contribution is -0.140. The molecule has 2 atom stereocenters. The van der Waals surface area contributed by atoms with E-state index in [9.17, 15) is 26.5 Å². The van der Waals surface area contributed by atoms with Gasteiger partial charge in [-0.2, -0.15) is 13.2 Å². The first-order valence-electron chi connectivity index (χ1n) is 10.7. The summed E-state index contributed by atoms with van der Waals surface area (Å²) in [6, 6.07) is -0.134. The molecule has 1 aromatic carbocycles. The summed E-state index contributed by atoms with van der Waals surface area (Å²) in [5, 5.41) is 0.00608. The predicted octanol–water partition coefficient (Wildman–Crippen LogP) is 6.88. The second kappa shape index (κ2) is 9.17. The Kier molecular flexibility index (Phi) is 7.89. The van der Waals surface area contributed by atoms with Crippen LogP contribution in [0.2, 0.25) is 18.1 Å². The maximum atomic E-state index is 14.8. The molecule has 0 radical (unpaired) electrons. The van der Waals surface area contributed by atoms with Crippen LogP contribution in [0.1, 0.15) is 71.6 Å². The van der Waals surface area contributed by atoms with Crippen LogP contribution in [0.15, 0.2) is 12.1 Å². The molecule has 32 heavy (non-hydrogen) atoms. The van der Waals surface area contributed by atoms with Gasteiger partial charge in [0.15, 0.2) is 8.32 Å². The minimum Gasteiger partial charge on any atom is -0.598 e. The van der Waals surface area contributed by atoms with E-state index in [1.54, 1.807) is 20.8 Å². The number of alkyl halides is 3. The molecule has 0 aromatic heterocycles. The fourth-order valence-electron chi connectivity index (χ4n) is 3.29. The highest BCUT2D eigenvalue weighted by Crippen LogP contribution is 2.46. The first-order valence-corrected chi connectivity index (χ1v) is 14.7. The second-order valence-corrected chi connectivity index (χ2v) is 17.8. The van der Waals surface area contributed by atoms with Crippen LogP contribution in [-0.2, 0) is 22.0 Å². The average Bonchev–Trinajstić information content (AvgIpc) is 2.54. The van der Waals surface area contributed by atoms with E-state index in [0.717, 1.165) is 0 Å². The molecule has 1 aromatic rings. The molecule has 3 nitrogen and oxygen atoms in total. The number of rotatable bonds is 6. The Bertz CT molecular complexity index is 814. The molecular formula is C22H34F5NO2SSi. The van der Waals surface area contributed by atoms with Crippen LogP contribution >= 0.6 is 0 Å².